The van der Waals surface area contributed by atoms with Crippen molar-refractivity contribution in [3.05, 3.63) is 28.2 Å². The van der Waals surface area contributed by atoms with Gasteiger partial charge in [0, 0.05) is 16.7 Å². The maximum absolute atomic E-state index is 3.61. The van der Waals surface area contributed by atoms with E-state index in [0.717, 1.165) is 11.8 Å². The third kappa shape index (κ3) is 0.845. The number of nitrogens with one attached hydrogen (secondary N) is 1. The SMILES string of the molecule is Brc1cccc2c1C1C[C@@H]1CN2. The van der Waals surface area contributed by atoms with E-state index in [1.807, 2.05) is 0 Å². The van der Waals surface area contributed by atoms with Crippen LogP contribution in [0.4, 0.5) is 5.69 Å². The van der Waals surface area contributed by atoms with Gasteiger partial charge in [0.2, 0.25) is 0 Å². The summed E-state index contributed by atoms with van der Waals surface area (Å²) in [6, 6.07) is 6.41. The highest BCUT2D eigenvalue weighted by Crippen LogP contribution is 2.54. The summed E-state index contributed by atoms with van der Waals surface area (Å²) in [5.74, 6) is 1.76. The second-order valence-electron chi connectivity index (χ2n) is 3.68. The first-order valence-corrected chi connectivity index (χ1v) is 5.18. The highest BCUT2D eigenvalue weighted by molar-refractivity contribution is 9.10. The Morgan fingerprint density at radius 3 is 3.25 bits per heavy atom. The number of anilines is 1. The molecule has 0 bridgehead atoms. The molecule has 0 aromatic heterocycles. The van der Waals surface area contributed by atoms with Crippen molar-refractivity contribution in [2.75, 3.05) is 11.9 Å². The molecule has 1 aromatic carbocycles. The molecule has 62 valence electrons. The minimum atomic E-state index is 0.844. The Balaban J connectivity index is 2.19. The first kappa shape index (κ1) is 6.96. The number of halogens is 1. The van der Waals surface area contributed by atoms with E-state index in [-0.39, 0.29) is 0 Å². The molecule has 12 heavy (non-hydrogen) atoms. The normalized spacial score (nSPS) is 30.1. The molecule has 1 aliphatic carbocycles. The van der Waals surface area contributed by atoms with Crippen LogP contribution in [0, 0.1) is 5.92 Å². The van der Waals surface area contributed by atoms with Crippen molar-refractivity contribution in [3.63, 3.8) is 0 Å². The van der Waals surface area contributed by atoms with Gasteiger partial charge in [-0.05, 0) is 36.0 Å². The van der Waals surface area contributed by atoms with Crippen molar-refractivity contribution in [2.45, 2.75) is 12.3 Å². The lowest BCUT2D eigenvalue weighted by Gasteiger charge is -2.18. The molecule has 1 aliphatic heterocycles. The van der Waals surface area contributed by atoms with E-state index in [4.69, 9.17) is 0 Å². The summed E-state index contributed by atoms with van der Waals surface area (Å²) in [5, 5.41) is 3.46. The number of rotatable bonds is 0. The zero-order valence-electron chi connectivity index (χ0n) is 6.68. The fraction of sp³-hybridized carbons (Fsp3) is 0.400. The molecule has 0 saturated heterocycles. The summed E-state index contributed by atoms with van der Waals surface area (Å²) in [4.78, 5) is 0. The summed E-state index contributed by atoms with van der Waals surface area (Å²) in [6.45, 7) is 1.17. The second kappa shape index (κ2) is 2.25. The number of hydrogen-bond acceptors (Lipinski definition) is 1. The summed E-state index contributed by atoms with van der Waals surface area (Å²) in [5.41, 5.74) is 2.84. The fourth-order valence-electron chi connectivity index (χ4n) is 2.14. The molecular formula is C10H10BrN. The van der Waals surface area contributed by atoms with Crippen molar-refractivity contribution < 1.29 is 0 Å². The largest absolute Gasteiger partial charge is 0.384 e. The fourth-order valence-corrected chi connectivity index (χ4v) is 2.80. The van der Waals surface area contributed by atoms with Crippen LogP contribution in [0.5, 0.6) is 0 Å². The van der Waals surface area contributed by atoms with E-state index < -0.39 is 0 Å². The van der Waals surface area contributed by atoms with Crippen LogP contribution < -0.4 is 5.32 Å². The van der Waals surface area contributed by atoms with Crippen molar-refractivity contribution >= 4 is 21.6 Å². The van der Waals surface area contributed by atoms with Gasteiger partial charge in [-0.1, -0.05) is 22.0 Å². The minimum Gasteiger partial charge on any atom is -0.384 e. The first-order valence-electron chi connectivity index (χ1n) is 4.38. The van der Waals surface area contributed by atoms with Crippen LogP contribution in [0.3, 0.4) is 0 Å². The summed E-state index contributed by atoms with van der Waals surface area (Å²) in [7, 11) is 0. The Morgan fingerprint density at radius 2 is 2.33 bits per heavy atom. The molecule has 3 rings (SSSR count). The Kier molecular flexibility index (Phi) is 1.31. The summed E-state index contributed by atoms with van der Waals surface area (Å²) < 4.78 is 1.28. The lowest BCUT2D eigenvalue weighted by atomic mass is 10.0. The summed E-state index contributed by atoms with van der Waals surface area (Å²) in [6.07, 6.45) is 1.38. The summed E-state index contributed by atoms with van der Waals surface area (Å²) >= 11 is 3.61. The van der Waals surface area contributed by atoms with E-state index >= 15 is 0 Å². The van der Waals surface area contributed by atoms with Gasteiger partial charge in [0.15, 0.2) is 0 Å². The quantitative estimate of drug-likeness (QED) is 0.714. The molecule has 1 heterocycles. The zero-order valence-corrected chi connectivity index (χ0v) is 8.26. The van der Waals surface area contributed by atoms with Gasteiger partial charge in [0.05, 0.1) is 0 Å². The van der Waals surface area contributed by atoms with Gasteiger partial charge in [0.25, 0.3) is 0 Å². The van der Waals surface area contributed by atoms with Gasteiger partial charge in [0.1, 0.15) is 0 Å². The van der Waals surface area contributed by atoms with Gasteiger partial charge in [-0.15, -0.1) is 0 Å². The highest BCUT2D eigenvalue weighted by atomic mass is 79.9. The van der Waals surface area contributed by atoms with E-state index in [0.29, 0.717) is 0 Å². The van der Waals surface area contributed by atoms with Crippen LogP contribution in [0.2, 0.25) is 0 Å². The number of benzene rings is 1. The van der Waals surface area contributed by atoms with Crippen LogP contribution in [0.15, 0.2) is 22.7 Å². The maximum Gasteiger partial charge on any atom is 0.0387 e. The van der Waals surface area contributed by atoms with E-state index in [1.165, 1.54) is 28.7 Å². The minimum absolute atomic E-state index is 0.844. The van der Waals surface area contributed by atoms with Crippen LogP contribution in [0.1, 0.15) is 17.9 Å². The molecular weight excluding hydrogens is 214 g/mol. The smallest absolute Gasteiger partial charge is 0.0387 e. The average Bonchev–Trinajstić information content (AvgIpc) is 2.82. The van der Waals surface area contributed by atoms with E-state index in [2.05, 4.69) is 39.4 Å². The van der Waals surface area contributed by atoms with Crippen molar-refractivity contribution in [1.82, 2.24) is 0 Å². The third-order valence-corrected chi connectivity index (χ3v) is 3.59. The van der Waals surface area contributed by atoms with Crippen LogP contribution in [-0.4, -0.2) is 6.54 Å². The molecule has 2 atom stereocenters. The van der Waals surface area contributed by atoms with E-state index in [1.54, 1.807) is 0 Å². The molecule has 1 saturated carbocycles. The molecule has 1 aromatic rings. The first-order chi connectivity index (χ1) is 5.86. The highest BCUT2D eigenvalue weighted by Gasteiger charge is 2.43. The third-order valence-electron chi connectivity index (χ3n) is 2.90. The molecule has 0 radical (unpaired) electrons. The van der Waals surface area contributed by atoms with Crippen molar-refractivity contribution in [1.29, 1.82) is 0 Å². The second-order valence-corrected chi connectivity index (χ2v) is 4.54. The number of fused-ring (bicyclic) bond motifs is 3. The molecule has 0 amide bonds. The van der Waals surface area contributed by atoms with Crippen LogP contribution >= 0.6 is 15.9 Å². The lowest BCUT2D eigenvalue weighted by Crippen LogP contribution is -2.11. The molecule has 0 spiro atoms. The predicted octanol–water partition coefficient (Wildman–Crippen LogP) is 2.98. The van der Waals surface area contributed by atoms with Gasteiger partial charge >= 0.3 is 0 Å². The van der Waals surface area contributed by atoms with Gasteiger partial charge in [-0.2, -0.15) is 0 Å². The van der Waals surface area contributed by atoms with Crippen molar-refractivity contribution in [2.24, 2.45) is 5.92 Å². The van der Waals surface area contributed by atoms with Crippen molar-refractivity contribution in [3.8, 4) is 0 Å². The van der Waals surface area contributed by atoms with Gasteiger partial charge in [-0.25, -0.2) is 0 Å². The maximum atomic E-state index is 3.61. The average molecular weight is 224 g/mol. The van der Waals surface area contributed by atoms with Crippen LogP contribution in [0.25, 0.3) is 0 Å². The molecule has 2 heteroatoms. The molecule has 1 N–H and O–H groups in total. The Labute approximate surface area is 80.3 Å². The van der Waals surface area contributed by atoms with E-state index in [9.17, 15) is 0 Å². The van der Waals surface area contributed by atoms with Gasteiger partial charge in [-0.3, -0.25) is 0 Å². The zero-order chi connectivity index (χ0) is 8.13. The Morgan fingerprint density at radius 1 is 1.42 bits per heavy atom. The standard InChI is InChI=1S/C10H10BrN/c11-8-2-1-3-9-10(8)7-4-6(7)5-12-9/h1-3,6-7,12H,4-5H2/t6-,7?/m1/s1. The molecule has 1 fully saturated rings. The monoisotopic (exact) mass is 223 g/mol. The Bertz CT molecular complexity index is 335. The number of hydrogen-bond donors (Lipinski definition) is 1. The molecule has 1 unspecified atom stereocenters. The topological polar surface area (TPSA) is 12.0 Å². The molecule has 2 aliphatic rings. The Hall–Kier alpha value is -0.500. The predicted molar refractivity (Wildman–Crippen MR) is 53.5 cm³/mol. The van der Waals surface area contributed by atoms with Gasteiger partial charge < -0.3 is 5.32 Å². The van der Waals surface area contributed by atoms with Crippen LogP contribution in [-0.2, 0) is 0 Å². The molecule has 1 nitrogen and oxygen atoms in total. The lowest BCUT2D eigenvalue weighted by molar-refractivity contribution is 0.814.